The molecule has 0 aromatic heterocycles. The van der Waals surface area contributed by atoms with Crippen molar-refractivity contribution in [2.24, 2.45) is 11.8 Å². The van der Waals surface area contributed by atoms with Crippen LogP contribution in [0.2, 0.25) is 0 Å². The van der Waals surface area contributed by atoms with Gasteiger partial charge >= 0.3 is 5.97 Å². The summed E-state index contributed by atoms with van der Waals surface area (Å²) < 4.78 is 4.98. The van der Waals surface area contributed by atoms with Gasteiger partial charge in [-0.3, -0.25) is 4.79 Å². The van der Waals surface area contributed by atoms with Crippen LogP contribution in [0.3, 0.4) is 0 Å². The highest BCUT2D eigenvalue weighted by atomic mass is 16.5. The summed E-state index contributed by atoms with van der Waals surface area (Å²) in [7, 11) is 0. The first-order chi connectivity index (χ1) is 8.76. The van der Waals surface area contributed by atoms with Crippen LogP contribution < -0.4 is 0 Å². The van der Waals surface area contributed by atoms with Gasteiger partial charge in [0, 0.05) is 6.42 Å². The van der Waals surface area contributed by atoms with Gasteiger partial charge in [-0.2, -0.15) is 0 Å². The summed E-state index contributed by atoms with van der Waals surface area (Å²) in [6.45, 7) is 4.66. The molecule has 1 fully saturated rings. The van der Waals surface area contributed by atoms with E-state index in [-0.39, 0.29) is 5.97 Å². The Morgan fingerprint density at radius 3 is 2.17 bits per heavy atom. The zero-order valence-electron chi connectivity index (χ0n) is 12.2. The number of carbonyl (C=O) groups excluding carboxylic acids is 1. The predicted molar refractivity (Wildman–Crippen MR) is 75.5 cm³/mol. The maximum atomic E-state index is 11.3. The minimum atomic E-state index is -0.0115. The van der Waals surface area contributed by atoms with E-state index >= 15 is 0 Å². The van der Waals surface area contributed by atoms with Crippen molar-refractivity contribution in [1.29, 1.82) is 0 Å². The summed E-state index contributed by atoms with van der Waals surface area (Å²) >= 11 is 0. The van der Waals surface area contributed by atoms with E-state index < -0.39 is 0 Å². The van der Waals surface area contributed by atoms with Gasteiger partial charge < -0.3 is 4.74 Å². The molecule has 0 radical (unpaired) electrons. The lowest BCUT2D eigenvalue weighted by Gasteiger charge is -2.28. The first-order valence-corrected chi connectivity index (χ1v) is 7.91. The highest BCUT2D eigenvalue weighted by Gasteiger charge is 2.21. The Morgan fingerprint density at radius 2 is 1.61 bits per heavy atom. The highest BCUT2D eigenvalue weighted by molar-refractivity contribution is 5.69. The molecule has 0 heterocycles. The maximum Gasteiger partial charge on any atom is 0.305 e. The van der Waals surface area contributed by atoms with E-state index in [1.807, 2.05) is 6.92 Å². The first-order valence-electron chi connectivity index (χ1n) is 7.91. The number of unbranched alkanes of at least 4 members (excludes halogenated alkanes) is 2. The summed E-state index contributed by atoms with van der Waals surface area (Å²) in [5.41, 5.74) is 0. The summed E-state index contributed by atoms with van der Waals surface area (Å²) in [6, 6.07) is 0. The Bertz CT molecular complexity index is 217. The second-order valence-corrected chi connectivity index (χ2v) is 5.73. The summed E-state index contributed by atoms with van der Waals surface area (Å²) in [5, 5.41) is 0. The Morgan fingerprint density at radius 1 is 1.00 bits per heavy atom. The number of rotatable bonds is 8. The van der Waals surface area contributed by atoms with Gasteiger partial charge in [0.2, 0.25) is 0 Å². The van der Waals surface area contributed by atoms with E-state index in [2.05, 4.69) is 6.92 Å². The molecule has 0 spiro atoms. The Labute approximate surface area is 112 Å². The normalized spacial score (nSPS) is 23.9. The number of esters is 1. The van der Waals surface area contributed by atoms with E-state index in [4.69, 9.17) is 4.74 Å². The minimum absolute atomic E-state index is 0.0115. The molecule has 106 valence electrons. The number of hydrogen-bond donors (Lipinski definition) is 0. The van der Waals surface area contributed by atoms with Crippen molar-refractivity contribution < 1.29 is 9.53 Å². The lowest BCUT2D eigenvalue weighted by atomic mass is 9.78. The third-order valence-electron chi connectivity index (χ3n) is 4.24. The molecule has 0 unspecified atom stereocenters. The average Bonchev–Trinajstić information content (AvgIpc) is 2.38. The van der Waals surface area contributed by atoms with Gasteiger partial charge in [-0.15, -0.1) is 0 Å². The van der Waals surface area contributed by atoms with Crippen LogP contribution in [0, 0.1) is 11.8 Å². The Hall–Kier alpha value is -0.530. The molecular formula is C16H30O2. The summed E-state index contributed by atoms with van der Waals surface area (Å²) in [5.74, 6) is 1.73. The predicted octanol–water partition coefficient (Wildman–Crippen LogP) is 4.72. The van der Waals surface area contributed by atoms with Gasteiger partial charge in [0.1, 0.15) is 0 Å². The van der Waals surface area contributed by atoms with Crippen LogP contribution in [0.25, 0.3) is 0 Å². The number of hydrogen-bond acceptors (Lipinski definition) is 2. The molecule has 1 aliphatic carbocycles. The molecule has 1 saturated carbocycles. The van der Waals surface area contributed by atoms with Gasteiger partial charge in [-0.05, 0) is 25.2 Å². The first kappa shape index (κ1) is 15.5. The van der Waals surface area contributed by atoms with Crippen molar-refractivity contribution in [3.63, 3.8) is 0 Å². The van der Waals surface area contributed by atoms with Gasteiger partial charge in [0.05, 0.1) is 6.61 Å². The number of carbonyl (C=O) groups is 1. The fourth-order valence-corrected chi connectivity index (χ4v) is 3.05. The molecule has 0 aromatic carbocycles. The lowest BCUT2D eigenvalue weighted by molar-refractivity contribution is -0.143. The smallest absolute Gasteiger partial charge is 0.305 e. The van der Waals surface area contributed by atoms with Gasteiger partial charge in [0.15, 0.2) is 0 Å². The third kappa shape index (κ3) is 6.42. The zero-order chi connectivity index (χ0) is 13.2. The van der Waals surface area contributed by atoms with E-state index in [0.717, 1.165) is 18.3 Å². The monoisotopic (exact) mass is 254 g/mol. The molecule has 0 amide bonds. The molecule has 1 aliphatic rings. The quantitative estimate of drug-likeness (QED) is 0.463. The second kappa shape index (κ2) is 9.41. The molecular weight excluding hydrogens is 224 g/mol. The SMILES string of the molecule is CCCCCC1CCC(CCC(=O)OCC)CC1. The molecule has 18 heavy (non-hydrogen) atoms. The second-order valence-electron chi connectivity index (χ2n) is 5.73. The molecule has 0 atom stereocenters. The minimum Gasteiger partial charge on any atom is -0.466 e. The molecule has 2 heteroatoms. The van der Waals surface area contributed by atoms with E-state index in [1.165, 1.54) is 51.4 Å². The standard InChI is InChI=1S/C16H30O2/c1-3-5-6-7-14-8-10-15(11-9-14)12-13-16(17)18-4-2/h14-15H,3-13H2,1-2H3. The molecule has 0 aromatic rings. The topological polar surface area (TPSA) is 26.3 Å². The van der Waals surface area contributed by atoms with Crippen LogP contribution in [-0.4, -0.2) is 12.6 Å². The average molecular weight is 254 g/mol. The maximum absolute atomic E-state index is 11.3. The van der Waals surface area contributed by atoms with Crippen LogP contribution in [0.5, 0.6) is 0 Å². The molecule has 1 rings (SSSR count). The largest absolute Gasteiger partial charge is 0.466 e. The van der Waals surface area contributed by atoms with Crippen molar-refractivity contribution in [1.82, 2.24) is 0 Å². The lowest BCUT2D eigenvalue weighted by Crippen LogP contribution is -2.16. The molecule has 2 nitrogen and oxygen atoms in total. The van der Waals surface area contributed by atoms with E-state index in [9.17, 15) is 4.79 Å². The summed E-state index contributed by atoms with van der Waals surface area (Å²) in [6.07, 6.45) is 12.7. The fraction of sp³-hybridized carbons (Fsp3) is 0.938. The molecule has 0 aliphatic heterocycles. The van der Waals surface area contributed by atoms with Gasteiger partial charge in [0.25, 0.3) is 0 Å². The zero-order valence-corrected chi connectivity index (χ0v) is 12.2. The van der Waals surface area contributed by atoms with Crippen LogP contribution in [0.4, 0.5) is 0 Å². The molecule has 0 saturated heterocycles. The third-order valence-corrected chi connectivity index (χ3v) is 4.24. The van der Waals surface area contributed by atoms with Crippen molar-refractivity contribution in [2.75, 3.05) is 6.61 Å². The fourth-order valence-electron chi connectivity index (χ4n) is 3.05. The van der Waals surface area contributed by atoms with Crippen LogP contribution >= 0.6 is 0 Å². The van der Waals surface area contributed by atoms with Crippen molar-refractivity contribution in [2.45, 2.75) is 78.1 Å². The van der Waals surface area contributed by atoms with E-state index in [0.29, 0.717) is 13.0 Å². The van der Waals surface area contributed by atoms with Gasteiger partial charge in [-0.1, -0.05) is 58.3 Å². The van der Waals surface area contributed by atoms with Crippen LogP contribution in [0.15, 0.2) is 0 Å². The van der Waals surface area contributed by atoms with Crippen molar-refractivity contribution >= 4 is 5.97 Å². The van der Waals surface area contributed by atoms with Crippen molar-refractivity contribution in [3.05, 3.63) is 0 Å². The Kier molecular flexibility index (Phi) is 8.11. The Balaban J connectivity index is 2.06. The number of ether oxygens (including phenoxy) is 1. The van der Waals surface area contributed by atoms with Crippen LogP contribution in [-0.2, 0) is 9.53 Å². The van der Waals surface area contributed by atoms with E-state index in [1.54, 1.807) is 0 Å². The summed E-state index contributed by atoms with van der Waals surface area (Å²) in [4.78, 5) is 11.3. The molecule has 0 N–H and O–H groups in total. The van der Waals surface area contributed by atoms with Gasteiger partial charge in [-0.25, -0.2) is 0 Å². The highest BCUT2D eigenvalue weighted by Crippen LogP contribution is 2.34. The van der Waals surface area contributed by atoms with Crippen LogP contribution in [0.1, 0.15) is 78.1 Å². The molecule has 0 bridgehead atoms. The van der Waals surface area contributed by atoms with Crippen molar-refractivity contribution in [3.8, 4) is 0 Å².